The molecular weight excluding hydrogens is 290 g/mol. The fourth-order valence-electron chi connectivity index (χ4n) is 2.06. The highest BCUT2D eigenvalue weighted by atomic mass is 32.1. The van der Waals surface area contributed by atoms with E-state index in [1.165, 1.54) is 24.2 Å². The molecule has 0 spiro atoms. The first-order chi connectivity index (χ1) is 9.94. The van der Waals surface area contributed by atoms with Gasteiger partial charge in [-0.3, -0.25) is 14.5 Å². The largest absolute Gasteiger partial charge is 0.480 e. The molecule has 1 amide bonds. The van der Waals surface area contributed by atoms with Crippen molar-refractivity contribution in [2.45, 2.75) is 25.8 Å². The van der Waals surface area contributed by atoms with Crippen molar-refractivity contribution >= 4 is 23.2 Å². The van der Waals surface area contributed by atoms with Crippen LogP contribution < -0.4 is 0 Å². The van der Waals surface area contributed by atoms with Crippen LogP contribution in [0.2, 0.25) is 0 Å². The third kappa shape index (κ3) is 5.43. The molecule has 1 aromatic heterocycles. The van der Waals surface area contributed by atoms with Crippen LogP contribution in [0.15, 0.2) is 5.38 Å². The number of rotatable bonds is 8. The Kier molecular flexibility index (Phi) is 5.30. The summed E-state index contributed by atoms with van der Waals surface area (Å²) in [6.45, 7) is 1.39. The first kappa shape index (κ1) is 15.9. The molecule has 0 radical (unpaired) electrons. The maximum absolute atomic E-state index is 11.6. The number of aliphatic carboxylic acids is 1. The molecule has 0 bridgehead atoms. The lowest BCUT2D eigenvalue weighted by Gasteiger charge is -2.18. The van der Waals surface area contributed by atoms with Gasteiger partial charge in [-0.05, 0) is 18.8 Å². The molecule has 0 unspecified atom stereocenters. The van der Waals surface area contributed by atoms with E-state index in [9.17, 15) is 9.59 Å². The Hall–Kier alpha value is -1.47. The molecule has 0 aliphatic heterocycles. The number of hydrogen-bond donors (Lipinski definition) is 1. The van der Waals surface area contributed by atoms with Crippen LogP contribution >= 0.6 is 11.3 Å². The summed E-state index contributed by atoms with van der Waals surface area (Å²) in [5.74, 6) is -0.150. The molecule has 1 heterocycles. The molecule has 1 aromatic rings. The summed E-state index contributed by atoms with van der Waals surface area (Å²) in [6.07, 6.45) is 2.69. The van der Waals surface area contributed by atoms with Crippen molar-refractivity contribution in [3.8, 4) is 0 Å². The summed E-state index contributed by atoms with van der Waals surface area (Å²) in [5.41, 5.74) is 0.850. The predicted octanol–water partition coefficient (Wildman–Crippen LogP) is 1.07. The zero-order valence-electron chi connectivity index (χ0n) is 12.4. The van der Waals surface area contributed by atoms with E-state index in [0.717, 1.165) is 17.2 Å². The van der Waals surface area contributed by atoms with E-state index in [2.05, 4.69) is 4.98 Å². The molecule has 0 atom stereocenters. The van der Waals surface area contributed by atoms with Gasteiger partial charge in [0, 0.05) is 32.6 Å². The monoisotopic (exact) mass is 311 g/mol. The lowest BCUT2D eigenvalue weighted by molar-refractivity contribution is -0.138. The predicted molar refractivity (Wildman–Crippen MR) is 80.1 cm³/mol. The number of carbonyl (C=O) groups excluding carboxylic acids is 1. The third-order valence-electron chi connectivity index (χ3n) is 3.36. The second-order valence-corrected chi connectivity index (χ2v) is 6.65. The van der Waals surface area contributed by atoms with Crippen LogP contribution in [0.3, 0.4) is 0 Å². The molecule has 1 saturated carbocycles. The van der Waals surface area contributed by atoms with Gasteiger partial charge in [0.25, 0.3) is 0 Å². The fourth-order valence-corrected chi connectivity index (χ4v) is 2.84. The summed E-state index contributed by atoms with van der Waals surface area (Å²) >= 11 is 1.46. The van der Waals surface area contributed by atoms with E-state index in [0.29, 0.717) is 18.9 Å². The van der Waals surface area contributed by atoms with Crippen LogP contribution in [0.25, 0.3) is 0 Å². The third-order valence-corrected chi connectivity index (χ3v) is 4.26. The normalized spacial score (nSPS) is 14.4. The van der Waals surface area contributed by atoms with Gasteiger partial charge in [-0.2, -0.15) is 0 Å². The first-order valence-corrected chi connectivity index (χ1v) is 7.89. The summed E-state index contributed by atoms with van der Waals surface area (Å²) < 4.78 is 0. The zero-order valence-corrected chi connectivity index (χ0v) is 13.2. The van der Waals surface area contributed by atoms with Crippen LogP contribution in [0, 0.1) is 5.92 Å². The second kappa shape index (κ2) is 7.00. The number of amides is 1. The minimum Gasteiger partial charge on any atom is -0.480 e. The van der Waals surface area contributed by atoms with Gasteiger partial charge in [0.15, 0.2) is 0 Å². The van der Waals surface area contributed by atoms with Gasteiger partial charge < -0.3 is 10.0 Å². The molecule has 1 fully saturated rings. The summed E-state index contributed by atoms with van der Waals surface area (Å²) in [4.78, 5) is 30.5. The number of thiazole rings is 1. The Morgan fingerprint density at radius 2 is 2.14 bits per heavy atom. The van der Waals surface area contributed by atoms with Crippen molar-refractivity contribution in [1.82, 2.24) is 14.8 Å². The van der Waals surface area contributed by atoms with Gasteiger partial charge >= 0.3 is 5.97 Å². The van der Waals surface area contributed by atoms with Gasteiger partial charge in [-0.1, -0.05) is 0 Å². The van der Waals surface area contributed by atoms with Crippen molar-refractivity contribution in [2.75, 3.05) is 27.2 Å². The Bertz CT molecular complexity index is 511. The topological polar surface area (TPSA) is 73.7 Å². The summed E-state index contributed by atoms with van der Waals surface area (Å²) in [5, 5.41) is 11.7. The van der Waals surface area contributed by atoms with E-state index in [1.54, 1.807) is 19.0 Å². The van der Waals surface area contributed by atoms with Crippen molar-refractivity contribution in [2.24, 2.45) is 5.92 Å². The molecule has 7 heteroatoms. The number of nitrogens with zero attached hydrogens (tertiary/aromatic N) is 3. The van der Waals surface area contributed by atoms with Crippen LogP contribution in [0.4, 0.5) is 0 Å². The molecule has 1 aliphatic rings. The van der Waals surface area contributed by atoms with E-state index >= 15 is 0 Å². The molecule has 116 valence electrons. The van der Waals surface area contributed by atoms with Crippen LogP contribution in [0.1, 0.15) is 23.5 Å². The minimum absolute atomic E-state index is 0.0243. The van der Waals surface area contributed by atoms with Crippen molar-refractivity contribution < 1.29 is 14.7 Å². The molecule has 2 rings (SSSR count). The molecule has 0 saturated heterocycles. The van der Waals surface area contributed by atoms with Gasteiger partial charge in [0.2, 0.25) is 5.91 Å². The van der Waals surface area contributed by atoms with Crippen LogP contribution in [-0.2, 0) is 22.6 Å². The highest BCUT2D eigenvalue weighted by Crippen LogP contribution is 2.30. The lowest BCUT2D eigenvalue weighted by atomic mass is 10.3. The molecule has 21 heavy (non-hydrogen) atoms. The number of aromatic nitrogens is 1. The van der Waals surface area contributed by atoms with Gasteiger partial charge in [-0.25, -0.2) is 4.98 Å². The number of carbonyl (C=O) groups is 2. The Labute approximate surface area is 128 Å². The Morgan fingerprint density at radius 1 is 1.43 bits per heavy atom. The van der Waals surface area contributed by atoms with E-state index in [4.69, 9.17) is 5.11 Å². The second-order valence-electron chi connectivity index (χ2n) is 5.70. The number of hydrogen-bond acceptors (Lipinski definition) is 5. The summed E-state index contributed by atoms with van der Waals surface area (Å²) in [7, 11) is 3.45. The highest BCUT2D eigenvalue weighted by molar-refractivity contribution is 7.09. The highest BCUT2D eigenvalue weighted by Gasteiger charge is 2.25. The smallest absolute Gasteiger partial charge is 0.317 e. The van der Waals surface area contributed by atoms with E-state index < -0.39 is 5.97 Å². The quantitative estimate of drug-likeness (QED) is 0.777. The average Bonchev–Trinajstić information content (AvgIpc) is 3.08. The average molecular weight is 311 g/mol. The Balaban J connectivity index is 1.92. The van der Waals surface area contributed by atoms with E-state index in [-0.39, 0.29) is 12.5 Å². The SMILES string of the molecule is CN(C)C(=O)Cc1nc(CN(CC(=O)O)CC2CC2)cs1. The maximum Gasteiger partial charge on any atom is 0.317 e. The first-order valence-electron chi connectivity index (χ1n) is 7.01. The molecule has 6 nitrogen and oxygen atoms in total. The van der Waals surface area contributed by atoms with Crippen molar-refractivity contribution in [3.05, 3.63) is 16.1 Å². The van der Waals surface area contributed by atoms with Crippen LogP contribution in [0.5, 0.6) is 0 Å². The minimum atomic E-state index is -0.811. The van der Waals surface area contributed by atoms with Gasteiger partial charge in [-0.15, -0.1) is 11.3 Å². The lowest BCUT2D eigenvalue weighted by Crippen LogP contribution is -2.31. The standard InChI is InChI=1S/C14H21N3O3S/c1-16(2)13(18)5-12-15-11(9-21-12)7-17(8-14(19)20)6-10-3-4-10/h9-10H,3-8H2,1-2H3,(H,19,20). The number of carboxylic acid groups (broad SMARTS) is 1. The van der Waals surface area contributed by atoms with E-state index in [1.807, 2.05) is 10.3 Å². The number of carboxylic acids is 1. The maximum atomic E-state index is 11.6. The molecular formula is C14H21N3O3S. The molecule has 1 N–H and O–H groups in total. The van der Waals surface area contributed by atoms with Crippen molar-refractivity contribution in [1.29, 1.82) is 0 Å². The zero-order chi connectivity index (χ0) is 15.4. The van der Waals surface area contributed by atoms with Crippen LogP contribution in [-0.4, -0.2) is 59.0 Å². The Morgan fingerprint density at radius 3 is 2.71 bits per heavy atom. The molecule has 0 aromatic carbocycles. The summed E-state index contributed by atoms with van der Waals surface area (Å²) in [6, 6.07) is 0. The molecule has 1 aliphatic carbocycles. The van der Waals surface area contributed by atoms with Gasteiger partial charge in [0.05, 0.1) is 18.7 Å². The fraction of sp³-hybridized carbons (Fsp3) is 0.643. The van der Waals surface area contributed by atoms with Gasteiger partial charge in [0.1, 0.15) is 5.01 Å². The number of likely N-dealkylation sites (N-methyl/N-ethyl adjacent to an activating group) is 1. The van der Waals surface area contributed by atoms with Crippen molar-refractivity contribution in [3.63, 3.8) is 0 Å².